The number of carbonyl (C=O) groups excluding carboxylic acids is 2. The molecule has 6 nitrogen and oxygen atoms in total. The molecule has 0 aromatic heterocycles. The van der Waals surface area contributed by atoms with Crippen LogP contribution in [-0.2, 0) is 22.6 Å². The Morgan fingerprint density at radius 3 is 2.60 bits per heavy atom. The van der Waals surface area contributed by atoms with Gasteiger partial charge >= 0.3 is 0 Å². The van der Waals surface area contributed by atoms with Crippen molar-refractivity contribution >= 4 is 58.2 Å². The molecule has 0 spiro atoms. The zero-order valence-corrected chi connectivity index (χ0v) is 20.5. The minimum atomic E-state index is -0.509. The van der Waals surface area contributed by atoms with E-state index in [9.17, 15) is 9.59 Å². The summed E-state index contributed by atoms with van der Waals surface area (Å²) in [7, 11) is 1.57. The monoisotopic (exact) mass is 503 g/mol. The molecule has 3 aromatic rings. The number of amides is 2. The standard InChI is InChI=1S/C27H22ClN3O3S/c1-34-21-9-7-20(8-10-21)31-26(33)22(25(32)29-27(31)35)15-17-6-11-24-18(14-17)12-13-30(24)16-19-4-2-3-5-23(19)28/h2-11,14-15H,12-13,16H2,1H3,(H,29,32,35). The van der Waals surface area contributed by atoms with Gasteiger partial charge in [-0.05, 0) is 83.9 Å². The Hall–Kier alpha value is -3.68. The number of halogens is 1. The summed E-state index contributed by atoms with van der Waals surface area (Å²) in [6.45, 7) is 1.60. The highest BCUT2D eigenvalue weighted by atomic mass is 35.5. The average Bonchev–Trinajstić information content (AvgIpc) is 3.25. The third-order valence-electron chi connectivity index (χ3n) is 6.16. The van der Waals surface area contributed by atoms with Crippen molar-refractivity contribution in [1.82, 2.24) is 5.32 Å². The summed E-state index contributed by atoms with van der Waals surface area (Å²) in [6.07, 6.45) is 2.49. The highest BCUT2D eigenvalue weighted by Gasteiger charge is 2.34. The maximum absolute atomic E-state index is 13.3. The Labute approximate surface area is 213 Å². The number of nitrogens with zero attached hydrogens (tertiary/aromatic N) is 2. The van der Waals surface area contributed by atoms with Gasteiger partial charge in [0.1, 0.15) is 11.3 Å². The molecule has 2 aliphatic heterocycles. The lowest BCUT2D eigenvalue weighted by Crippen LogP contribution is -2.54. The van der Waals surface area contributed by atoms with Crippen LogP contribution in [0.5, 0.6) is 5.75 Å². The topological polar surface area (TPSA) is 61.9 Å². The summed E-state index contributed by atoms with van der Waals surface area (Å²) in [5, 5.41) is 3.43. The van der Waals surface area contributed by atoms with Crippen molar-refractivity contribution in [3.05, 3.63) is 94.0 Å². The van der Waals surface area contributed by atoms with Crippen LogP contribution in [0.2, 0.25) is 5.02 Å². The van der Waals surface area contributed by atoms with E-state index in [1.165, 1.54) is 4.90 Å². The van der Waals surface area contributed by atoms with Gasteiger partial charge in [-0.1, -0.05) is 35.9 Å². The normalized spacial score (nSPS) is 16.5. The number of ether oxygens (including phenoxy) is 1. The van der Waals surface area contributed by atoms with Gasteiger partial charge in [0.15, 0.2) is 5.11 Å². The smallest absolute Gasteiger partial charge is 0.270 e. The summed E-state index contributed by atoms with van der Waals surface area (Å²) in [5.74, 6) is -0.319. The number of hydrogen-bond donors (Lipinski definition) is 1. The predicted octanol–water partition coefficient (Wildman–Crippen LogP) is 4.74. The highest BCUT2D eigenvalue weighted by molar-refractivity contribution is 7.80. The van der Waals surface area contributed by atoms with Crippen LogP contribution in [0.4, 0.5) is 11.4 Å². The molecule has 3 aromatic carbocycles. The molecule has 0 aliphatic carbocycles. The number of nitrogens with one attached hydrogen (secondary N) is 1. The number of hydrogen-bond acceptors (Lipinski definition) is 5. The van der Waals surface area contributed by atoms with Gasteiger partial charge < -0.3 is 9.64 Å². The predicted molar refractivity (Wildman–Crippen MR) is 142 cm³/mol. The maximum Gasteiger partial charge on any atom is 0.270 e. The maximum atomic E-state index is 13.3. The van der Waals surface area contributed by atoms with Crippen molar-refractivity contribution in [3.63, 3.8) is 0 Å². The van der Waals surface area contributed by atoms with E-state index in [2.05, 4.69) is 10.2 Å². The molecule has 0 unspecified atom stereocenters. The molecule has 5 rings (SSSR count). The number of rotatable bonds is 5. The molecule has 2 aliphatic rings. The van der Waals surface area contributed by atoms with Crippen LogP contribution in [0.15, 0.2) is 72.3 Å². The van der Waals surface area contributed by atoms with Gasteiger partial charge in [0.25, 0.3) is 11.8 Å². The van der Waals surface area contributed by atoms with Crippen LogP contribution in [0.3, 0.4) is 0 Å². The number of thiocarbonyl (C=S) groups is 1. The summed E-state index contributed by atoms with van der Waals surface area (Å²) in [4.78, 5) is 29.6. The molecule has 0 bridgehead atoms. The Balaban J connectivity index is 1.40. The Bertz CT molecular complexity index is 1370. The minimum absolute atomic E-state index is 0.0280. The SMILES string of the molecule is COc1ccc(N2C(=O)C(=Cc3ccc4c(c3)CCN4Cc3ccccc3Cl)C(=O)NC2=S)cc1. The van der Waals surface area contributed by atoms with E-state index in [1.807, 2.05) is 42.5 Å². The van der Waals surface area contributed by atoms with Crippen LogP contribution in [0, 0.1) is 0 Å². The molecule has 176 valence electrons. The van der Waals surface area contributed by atoms with Gasteiger partial charge in [0.2, 0.25) is 0 Å². The lowest BCUT2D eigenvalue weighted by Gasteiger charge is -2.29. The number of methoxy groups -OCH3 is 1. The third-order valence-corrected chi connectivity index (χ3v) is 6.81. The number of anilines is 2. The van der Waals surface area contributed by atoms with Gasteiger partial charge in [-0.25, -0.2) is 0 Å². The Morgan fingerprint density at radius 2 is 1.86 bits per heavy atom. The molecule has 1 N–H and O–H groups in total. The van der Waals surface area contributed by atoms with Gasteiger partial charge in [0.05, 0.1) is 12.8 Å². The van der Waals surface area contributed by atoms with Crippen molar-refractivity contribution in [2.45, 2.75) is 13.0 Å². The zero-order valence-electron chi connectivity index (χ0n) is 19.0. The van der Waals surface area contributed by atoms with Crippen molar-refractivity contribution < 1.29 is 14.3 Å². The molecule has 1 saturated heterocycles. The Morgan fingerprint density at radius 1 is 1.09 bits per heavy atom. The second-order valence-corrected chi connectivity index (χ2v) is 9.10. The van der Waals surface area contributed by atoms with Crippen molar-refractivity contribution in [2.75, 3.05) is 23.5 Å². The lowest BCUT2D eigenvalue weighted by atomic mass is 10.0. The highest BCUT2D eigenvalue weighted by Crippen LogP contribution is 2.32. The van der Waals surface area contributed by atoms with E-state index < -0.39 is 11.8 Å². The van der Waals surface area contributed by atoms with Gasteiger partial charge in [-0.2, -0.15) is 0 Å². The van der Waals surface area contributed by atoms with Crippen LogP contribution in [0.1, 0.15) is 16.7 Å². The Kier molecular flexibility index (Phi) is 6.28. The summed E-state index contributed by atoms with van der Waals surface area (Å²) >= 11 is 11.6. The van der Waals surface area contributed by atoms with Crippen LogP contribution >= 0.6 is 23.8 Å². The van der Waals surface area contributed by atoms with Crippen molar-refractivity contribution in [3.8, 4) is 5.75 Å². The quantitative estimate of drug-likeness (QED) is 0.309. The van der Waals surface area contributed by atoms with E-state index in [1.54, 1.807) is 37.5 Å². The third kappa shape index (κ3) is 4.52. The first kappa shape index (κ1) is 23.1. The number of fused-ring (bicyclic) bond motifs is 1. The first-order valence-corrected chi connectivity index (χ1v) is 11.9. The summed E-state index contributed by atoms with van der Waals surface area (Å²) in [6, 6.07) is 20.7. The molecular weight excluding hydrogens is 482 g/mol. The van der Waals surface area contributed by atoms with Crippen LogP contribution < -0.4 is 19.9 Å². The fraction of sp³-hybridized carbons (Fsp3) is 0.148. The zero-order chi connectivity index (χ0) is 24.5. The molecule has 0 atom stereocenters. The van der Waals surface area contributed by atoms with Crippen LogP contribution in [-0.4, -0.2) is 30.6 Å². The number of carbonyl (C=O) groups is 2. The lowest BCUT2D eigenvalue weighted by molar-refractivity contribution is -0.122. The van der Waals surface area contributed by atoms with E-state index in [-0.39, 0.29) is 10.7 Å². The molecular formula is C27H22ClN3O3S. The molecule has 0 radical (unpaired) electrons. The largest absolute Gasteiger partial charge is 0.497 e. The fourth-order valence-corrected chi connectivity index (χ4v) is 4.84. The second kappa shape index (κ2) is 9.52. The van der Waals surface area contributed by atoms with Gasteiger partial charge in [-0.3, -0.25) is 19.8 Å². The van der Waals surface area contributed by atoms with Gasteiger partial charge in [0, 0.05) is 23.8 Å². The number of benzene rings is 3. The molecule has 2 amide bonds. The molecule has 8 heteroatoms. The van der Waals surface area contributed by atoms with Gasteiger partial charge in [-0.15, -0.1) is 0 Å². The average molecular weight is 504 g/mol. The second-order valence-electron chi connectivity index (χ2n) is 8.31. The van der Waals surface area contributed by atoms with E-state index in [0.29, 0.717) is 11.4 Å². The molecule has 2 heterocycles. The van der Waals surface area contributed by atoms with Crippen molar-refractivity contribution in [2.24, 2.45) is 0 Å². The van der Waals surface area contributed by atoms with Crippen molar-refractivity contribution in [1.29, 1.82) is 0 Å². The molecule has 0 saturated carbocycles. The summed E-state index contributed by atoms with van der Waals surface area (Å²) in [5.41, 5.74) is 4.73. The van der Waals surface area contributed by atoms with E-state index in [0.717, 1.165) is 46.9 Å². The first-order valence-electron chi connectivity index (χ1n) is 11.1. The fourth-order valence-electron chi connectivity index (χ4n) is 4.37. The molecule has 35 heavy (non-hydrogen) atoms. The first-order chi connectivity index (χ1) is 16.9. The summed E-state index contributed by atoms with van der Waals surface area (Å²) < 4.78 is 5.18. The molecule has 1 fully saturated rings. The van der Waals surface area contributed by atoms with Crippen LogP contribution in [0.25, 0.3) is 6.08 Å². The minimum Gasteiger partial charge on any atom is -0.497 e. The van der Waals surface area contributed by atoms with E-state index in [4.69, 9.17) is 28.6 Å². The van der Waals surface area contributed by atoms with E-state index >= 15 is 0 Å².